The molecule has 0 spiro atoms. The third-order valence-corrected chi connectivity index (χ3v) is 6.27. The molecule has 12 heteroatoms. The minimum Gasteiger partial charge on any atom is -0.456 e. The molecule has 0 amide bonds. The van der Waals surface area contributed by atoms with Crippen LogP contribution in [0.2, 0.25) is 0 Å². The van der Waals surface area contributed by atoms with Gasteiger partial charge < -0.3 is 19.4 Å². The lowest BCUT2D eigenvalue weighted by molar-refractivity contribution is -0.150. The Bertz CT molecular complexity index is 1260. The number of carbonyl (C=O) groups is 4. The van der Waals surface area contributed by atoms with Crippen molar-refractivity contribution in [3.63, 3.8) is 0 Å². The number of carbonyl (C=O) groups excluding carboxylic acids is 4. The fourth-order valence-corrected chi connectivity index (χ4v) is 3.52. The molecule has 2 N–H and O–H groups in total. The van der Waals surface area contributed by atoms with Gasteiger partial charge in [-0.3, -0.25) is 19.2 Å². The summed E-state index contributed by atoms with van der Waals surface area (Å²) in [6.07, 6.45) is -1.56. The van der Waals surface area contributed by atoms with Gasteiger partial charge >= 0.3 is 11.9 Å². The molecule has 0 aliphatic carbocycles. The number of hydrogen-bond donors (Lipinski definition) is 2. The second-order valence-electron chi connectivity index (χ2n) is 10.0. The van der Waals surface area contributed by atoms with Crippen LogP contribution in [0.4, 0.5) is 0 Å². The lowest BCUT2D eigenvalue weighted by Crippen LogP contribution is -2.26. The van der Waals surface area contributed by atoms with Gasteiger partial charge in [-0.1, -0.05) is 0 Å². The van der Waals surface area contributed by atoms with Crippen molar-refractivity contribution in [3.05, 3.63) is 47.0 Å². The van der Waals surface area contributed by atoms with E-state index in [4.69, 9.17) is 9.47 Å². The molecule has 4 atom stereocenters. The standard InChI is InChI=1S/C28H34N6O6/c1-17(35)21-7-9-23(31-21)19(3)39-25(37)11-13-27(5,15-29)33-34-28(6,16-30)14-12-26(38)40-20(4)24-10-8-22(32-24)18(2)36/h7-10,19-20,31-32H,11-14H2,1-6H3. The molecule has 2 aromatic heterocycles. The van der Waals surface area contributed by atoms with Gasteiger partial charge in [0.2, 0.25) is 0 Å². The maximum atomic E-state index is 12.4. The van der Waals surface area contributed by atoms with Crippen molar-refractivity contribution in [2.75, 3.05) is 0 Å². The monoisotopic (exact) mass is 550 g/mol. The molecule has 12 nitrogen and oxygen atoms in total. The maximum Gasteiger partial charge on any atom is 0.306 e. The number of nitriles is 2. The molecule has 0 saturated carbocycles. The first-order chi connectivity index (χ1) is 18.7. The minimum absolute atomic E-state index is 0.0125. The summed E-state index contributed by atoms with van der Waals surface area (Å²) in [4.78, 5) is 53.5. The lowest BCUT2D eigenvalue weighted by atomic mass is 9.97. The van der Waals surface area contributed by atoms with Gasteiger partial charge in [0.15, 0.2) is 22.6 Å². The molecule has 0 saturated heterocycles. The Morgan fingerprint density at radius 1 is 0.775 bits per heavy atom. The summed E-state index contributed by atoms with van der Waals surface area (Å²) in [5.41, 5.74) is -0.887. The third-order valence-electron chi connectivity index (χ3n) is 6.27. The Kier molecular flexibility index (Phi) is 10.7. The Balaban J connectivity index is 1.91. The van der Waals surface area contributed by atoms with E-state index in [-0.39, 0.29) is 37.2 Å². The van der Waals surface area contributed by atoms with Crippen LogP contribution < -0.4 is 0 Å². The average Bonchev–Trinajstić information content (AvgIpc) is 3.61. The summed E-state index contributed by atoms with van der Waals surface area (Å²) >= 11 is 0. The Morgan fingerprint density at radius 2 is 1.12 bits per heavy atom. The first kappa shape index (κ1) is 31.6. The van der Waals surface area contributed by atoms with Gasteiger partial charge in [0.1, 0.15) is 12.2 Å². The molecule has 0 radical (unpaired) electrons. The van der Waals surface area contributed by atoms with Crippen molar-refractivity contribution in [2.45, 2.75) is 90.5 Å². The summed E-state index contributed by atoms with van der Waals surface area (Å²) < 4.78 is 10.8. The van der Waals surface area contributed by atoms with Crippen LogP contribution in [0.25, 0.3) is 0 Å². The number of ether oxygens (including phenoxy) is 2. The van der Waals surface area contributed by atoms with Gasteiger partial charge in [-0.25, -0.2) is 0 Å². The van der Waals surface area contributed by atoms with Crippen molar-refractivity contribution in [1.82, 2.24) is 9.97 Å². The van der Waals surface area contributed by atoms with Crippen LogP contribution in [-0.2, 0) is 19.1 Å². The van der Waals surface area contributed by atoms with Gasteiger partial charge in [-0.15, -0.1) is 0 Å². The van der Waals surface area contributed by atoms with E-state index in [1.807, 2.05) is 12.1 Å². The van der Waals surface area contributed by atoms with Gasteiger partial charge in [-0.2, -0.15) is 20.8 Å². The number of aromatic amines is 2. The highest BCUT2D eigenvalue weighted by Gasteiger charge is 2.30. The maximum absolute atomic E-state index is 12.4. The fourth-order valence-electron chi connectivity index (χ4n) is 3.52. The topological polar surface area (TPSA) is 191 Å². The van der Waals surface area contributed by atoms with E-state index in [0.29, 0.717) is 22.8 Å². The van der Waals surface area contributed by atoms with E-state index in [9.17, 15) is 29.7 Å². The fraction of sp³-hybridized carbons (Fsp3) is 0.500. The third kappa shape index (κ3) is 9.02. The number of aromatic nitrogens is 2. The molecule has 212 valence electrons. The zero-order chi connectivity index (χ0) is 30.1. The number of nitrogens with zero attached hydrogens (tertiary/aromatic N) is 4. The first-order valence-corrected chi connectivity index (χ1v) is 12.8. The van der Waals surface area contributed by atoms with E-state index in [1.54, 1.807) is 38.1 Å². The Hall–Kier alpha value is -4.58. The largest absolute Gasteiger partial charge is 0.456 e. The lowest BCUT2D eigenvalue weighted by Gasteiger charge is -2.20. The molecule has 2 rings (SSSR count). The number of nitrogens with one attached hydrogen (secondary N) is 2. The first-order valence-electron chi connectivity index (χ1n) is 12.8. The average molecular weight is 551 g/mol. The van der Waals surface area contributed by atoms with E-state index in [1.165, 1.54) is 27.7 Å². The number of Topliss-reactive ketones (excluding diaryl/α,β-unsaturated/α-hetero) is 2. The molecular weight excluding hydrogens is 516 g/mol. The van der Waals surface area contributed by atoms with Crippen LogP contribution in [0.3, 0.4) is 0 Å². The Labute approximate surface area is 232 Å². The van der Waals surface area contributed by atoms with Crippen molar-refractivity contribution in [2.24, 2.45) is 10.2 Å². The SMILES string of the molecule is CC(=O)c1ccc(C(C)OC(=O)CCC(C)(C#N)N=NC(C)(C#N)CCC(=O)OC(C)c2ccc(C(C)=O)[nH]2)[nH]1. The molecule has 0 aliphatic rings. The highest BCUT2D eigenvalue weighted by atomic mass is 16.5. The minimum atomic E-state index is -1.41. The zero-order valence-corrected chi connectivity index (χ0v) is 23.5. The molecule has 40 heavy (non-hydrogen) atoms. The number of H-pyrrole nitrogens is 2. The van der Waals surface area contributed by atoms with Crippen molar-refractivity contribution < 1.29 is 28.7 Å². The van der Waals surface area contributed by atoms with E-state index < -0.39 is 35.2 Å². The highest BCUT2D eigenvalue weighted by Crippen LogP contribution is 2.26. The van der Waals surface area contributed by atoms with Crippen molar-refractivity contribution in [1.29, 1.82) is 10.5 Å². The van der Waals surface area contributed by atoms with Gasteiger partial charge in [0, 0.05) is 26.7 Å². The second-order valence-corrected chi connectivity index (χ2v) is 10.0. The number of ketones is 2. The van der Waals surface area contributed by atoms with Gasteiger partial charge in [-0.05, 0) is 64.8 Å². The summed E-state index contributed by atoms with van der Waals surface area (Å²) in [5, 5.41) is 27.5. The number of azo groups is 1. The van der Waals surface area contributed by atoms with Crippen molar-refractivity contribution in [3.8, 4) is 12.1 Å². The van der Waals surface area contributed by atoms with Crippen molar-refractivity contribution >= 4 is 23.5 Å². The molecule has 0 fully saturated rings. The summed E-state index contributed by atoms with van der Waals surface area (Å²) in [6, 6.07) is 10.5. The number of rotatable bonds is 14. The van der Waals surface area contributed by atoms with Gasteiger partial charge in [0.25, 0.3) is 0 Å². The zero-order valence-electron chi connectivity index (χ0n) is 23.5. The Morgan fingerprint density at radius 3 is 1.40 bits per heavy atom. The molecule has 2 aromatic rings. The van der Waals surface area contributed by atoms with Crippen LogP contribution in [-0.4, -0.2) is 44.6 Å². The molecule has 4 unspecified atom stereocenters. The van der Waals surface area contributed by atoms with E-state index in [0.717, 1.165) is 0 Å². The van der Waals surface area contributed by atoms with E-state index >= 15 is 0 Å². The smallest absolute Gasteiger partial charge is 0.306 e. The highest BCUT2D eigenvalue weighted by molar-refractivity contribution is 5.92. The van der Waals surface area contributed by atoms with Crippen LogP contribution in [0.15, 0.2) is 34.5 Å². The summed E-state index contributed by atoms with van der Waals surface area (Å²) in [5.74, 6) is -1.42. The quantitative estimate of drug-likeness (QED) is 0.181. The molecule has 0 aliphatic heterocycles. The summed E-state index contributed by atoms with van der Waals surface area (Å²) in [6.45, 7) is 9.12. The van der Waals surface area contributed by atoms with Crippen LogP contribution in [0.1, 0.15) is 112 Å². The van der Waals surface area contributed by atoms with Crippen LogP contribution in [0, 0.1) is 22.7 Å². The molecular formula is C28H34N6O6. The molecule has 0 bridgehead atoms. The van der Waals surface area contributed by atoms with Crippen LogP contribution in [0.5, 0.6) is 0 Å². The summed E-state index contributed by atoms with van der Waals surface area (Å²) in [7, 11) is 0. The second kappa shape index (κ2) is 13.5. The van der Waals surface area contributed by atoms with E-state index in [2.05, 4.69) is 20.2 Å². The molecule has 2 heterocycles. The van der Waals surface area contributed by atoms with Gasteiger partial charge in [0.05, 0.1) is 34.9 Å². The predicted molar refractivity (Wildman–Crippen MR) is 142 cm³/mol. The van der Waals surface area contributed by atoms with Crippen LogP contribution >= 0.6 is 0 Å². The number of esters is 2. The normalized spacial score (nSPS) is 15.6. The predicted octanol–water partition coefficient (Wildman–Crippen LogP) is 5.23. The molecule has 0 aromatic carbocycles. The number of hydrogen-bond acceptors (Lipinski definition) is 10.